The molecule has 1 aliphatic heterocycles. The van der Waals surface area contributed by atoms with E-state index in [9.17, 15) is 8.42 Å². The van der Waals surface area contributed by atoms with Gasteiger partial charge in [-0.2, -0.15) is 11.8 Å². The molecule has 1 heterocycles. The predicted octanol–water partition coefficient (Wildman–Crippen LogP) is 1.15. The third-order valence-electron chi connectivity index (χ3n) is 2.75. The summed E-state index contributed by atoms with van der Waals surface area (Å²) in [6.07, 6.45) is 3.17. The zero-order valence-electron chi connectivity index (χ0n) is 9.53. The molecule has 0 bridgehead atoms. The smallest absolute Gasteiger partial charge is 0.147 e. The van der Waals surface area contributed by atoms with Crippen molar-refractivity contribution >= 4 is 21.6 Å². The minimum Gasteiger partial charge on any atom is -0.313 e. The fraction of sp³-hybridized carbons (Fsp3) is 1.00. The summed E-state index contributed by atoms with van der Waals surface area (Å²) in [6.45, 7) is 3.13. The molecule has 0 amide bonds. The molecule has 0 aromatic heterocycles. The van der Waals surface area contributed by atoms with Crippen LogP contribution in [0.2, 0.25) is 0 Å². The molecule has 15 heavy (non-hydrogen) atoms. The summed E-state index contributed by atoms with van der Waals surface area (Å²) in [7, 11) is -2.77. The molecule has 1 aliphatic rings. The molecule has 0 aromatic carbocycles. The summed E-state index contributed by atoms with van der Waals surface area (Å²) in [4.78, 5) is 0. The Bertz CT molecular complexity index is 277. The van der Waals surface area contributed by atoms with E-state index in [1.165, 1.54) is 17.8 Å². The average molecular weight is 251 g/mol. The van der Waals surface area contributed by atoms with Crippen molar-refractivity contribution in [3.8, 4) is 0 Å². The van der Waals surface area contributed by atoms with E-state index in [0.29, 0.717) is 17.7 Å². The van der Waals surface area contributed by atoms with Crippen LogP contribution in [0.1, 0.15) is 19.8 Å². The molecule has 0 aromatic rings. The molecule has 90 valence electrons. The van der Waals surface area contributed by atoms with E-state index in [1.807, 2.05) is 11.8 Å². The summed E-state index contributed by atoms with van der Waals surface area (Å²) < 4.78 is 22.0. The van der Waals surface area contributed by atoms with Gasteiger partial charge in [0.1, 0.15) is 9.84 Å². The second-order valence-electron chi connectivity index (χ2n) is 4.23. The van der Waals surface area contributed by atoms with Gasteiger partial charge in [0.25, 0.3) is 0 Å². The lowest BCUT2D eigenvalue weighted by atomic mass is 9.98. The molecule has 1 fully saturated rings. The molecule has 1 saturated heterocycles. The van der Waals surface area contributed by atoms with Crippen LogP contribution in [-0.2, 0) is 9.84 Å². The van der Waals surface area contributed by atoms with Crippen LogP contribution in [0.4, 0.5) is 0 Å². The van der Waals surface area contributed by atoms with E-state index in [4.69, 9.17) is 0 Å². The van der Waals surface area contributed by atoms with E-state index >= 15 is 0 Å². The van der Waals surface area contributed by atoms with Crippen LogP contribution in [0.15, 0.2) is 0 Å². The first-order valence-electron chi connectivity index (χ1n) is 5.52. The Kier molecular flexibility index (Phi) is 5.43. The van der Waals surface area contributed by atoms with Gasteiger partial charge in [0.05, 0.1) is 0 Å². The van der Waals surface area contributed by atoms with Crippen LogP contribution in [0, 0.1) is 5.92 Å². The predicted molar refractivity (Wildman–Crippen MR) is 67.2 cm³/mol. The standard InChI is InChI=1S/C10H21NO2S2/c1-3-11-10-8-14-7-9(10)5-4-6-15(2,12)13/h9-11H,3-8H2,1-2H3. The molecule has 5 heteroatoms. The Morgan fingerprint density at radius 2 is 2.13 bits per heavy atom. The third kappa shape index (κ3) is 5.22. The highest BCUT2D eigenvalue weighted by molar-refractivity contribution is 7.99. The van der Waals surface area contributed by atoms with Crippen LogP contribution < -0.4 is 5.32 Å². The van der Waals surface area contributed by atoms with Gasteiger partial charge in [0.2, 0.25) is 0 Å². The number of hydrogen-bond donors (Lipinski definition) is 1. The van der Waals surface area contributed by atoms with Crippen LogP contribution in [0.5, 0.6) is 0 Å². The second kappa shape index (κ2) is 6.11. The van der Waals surface area contributed by atoms with Crippen molar-refractivity contribution in [1.29, 1.82) is 0 Å². The Hall–Kier alpha value is 0.260. The molecule has 0 saturated carbocycles. The van der Waals surface area contributed by atoms with Gasteiger partial charge >= 0.3 is 0 Å². The van der Waals surface area contributed by atoms with Gasteiger partial charge in [-0.05, 0) is 31.1 Å². The lowest BCUT2D eigenvalue weighted by Gasteiger charge is -2.18. The molecule has 2 atom stereocenters. The highest BCUT2D eigenvalue weighted by Gasteiger charge is 2.26. The second-order valence-corrected chi connectivity index (χ2v) is 7.57. The van der Waals surface area contributed by atoms with Gasteiger partial charge in [-0.1, -0.05) is 6.92 Å². The molecular weight excluding hydrogens is 230 g/mol. The molecule has 1 N–H and O–H groups in total. The quantitative estimate of drug-likeness (QED) is 0.769. The Labute approximate surface area is 97.3 Å². The molecule has 0 radical (unpaired) electrons. The lowest BCUT2D eigenvalue weighted by molar-refractivity contribution is 0.408. The molecule has 2 unspecified atom stereocenters. The van der Waals surface area contributed by atoms with Gasteiger partial charge < -0.3 is 5.32 Å². The zero-order chi connectivity index (χ0) is 11.3. The Morgan fingerprint density at radius 1 is 1.40 bits per heavy atom. The molecular formula is C10H21NO2S2. The van der Waals surface area contributed by atoms with Crippen LogP contribution in [0.3, 0.4) is 0 Å². The molecule has 0 spiro atoms. The van der Waals surface area contributed by atoms with Crippen LogP contribution in [0.25, 0.3) is 0 Å². The number of sulfone groups is 1. The molecule has 1 rings (SSSR count). The van der Waals surface area contributed by atoms with E-state index in [2.05, 4.69) is 12.2 Å². The monoisotopic (exact) mass is 251 g/mol. The Balaban J connectivity index is 2.25. The van der Waals surface area contributed by atoms with E-state index in [-0.39, 0.29) is 0 Å². The first-order valence-corrected chi connectivity index (χ1v) is 8.73. The maximum absolute atomic E-state index is 11.0. The highest BCUT2D eigenvalue weighted by atomic mass is 32.2. The minimum atomic E-state index is -2.77. The highest BCUT2D eigenvalue weighted by Crippen LogP contribution is 2.27. The van der Waals surface area contributed by atoms with Crippen molar-refractivity contribution in [2.45, 2.75) is 25.8 Å². The number of nitrogens with one attached hydrogen (secondary N) is 1. The maximum atomic E-state index is 11.0. The summed E-state index contributed by atoms with van der Waals surface area (Å²) in [5.41, 5.74) is 0. The van der Waals surface area contributed by atoms with Crippen LogP contribution >= 0.6 is 11.8 Å². The number of thioether (sulfide) groups is 1. The summed E-state index contributed by atoms with van der Waals surface area (Å²) >= 11 is 1.98. The van der Waals surface area contributed by atoms with Crippen molar-refractivity contribution < 1.29 is 8.42 Å². The van der Waals surface area contributed by atoms with E-state index in [0.717, 1.165) is 19.4 Å². The number of rotatable bonds is 6. The minimum absolute atomic E-state index is 0.340. The first-order chi connectivity index (χ1) is 7.03. The first kappa shape index (κ1) is 13.3. The topological polar surface area (TPSA) is 46.2 Å². The summed E-state index contributed by atoms with van der Waals surface area (Å²) in [5.74, 6) is 3.36. The van der Waals surface area contributed by atoms with Crippen molar-refractivity contribution in [2.75, 3.05) is 30.1 Å². The van der Waals surface area contributed by atoms with Crippen molar-refractivity contribution in [2.24, 2.45) is 5.92 Å². The Morgan fingerprint density at radius 3 is 2.73 bits per heavy atom. The van der Waals surface area contributed by atoms with Crippen molar-refractivity contribution in [3.63, 3.8) is 0 Å². The molecule has 3 nitrogen and oxygen atoms in total. The third-order valence-corrected chi connectivity index (χ3v) is 5.04. The fourth-order valence-corrected chi connectivity index (χ4v) is 4.15. The summed E-state index contributed by atoms with van der Waals surface area (Å²) in [6, 6.07) is 0.597. The molecule has 0 aliphatic carbocycles. The van der Waals surface area contributed by atoms with E-state index < -0.39 is 9.84 Å². The van der Waals surface area contributed by atoms with Crippen LogP contribution in [-0.4, -0.2) is 44.5 Å². The lowest BCUT2D eigenvalue weighted by Crippen LogP contribution is -2.35. The van der Waals surface area contributed by atoms with Gasteiger partial charge in [-0.15, -0.1) is 0 Å². The van der Waals surface area contributed by atoms with Gasteiger partial charge in [0, 0.05) is 23.8 Å². The zero-order valence-corrected chi connectivity index (χ0v) is 11.2. The summed E-state index contributed by atoms with van der Waals surface area (Å²) in [5, 5.41) is 3.47. The largest absolute Gasteiger partial charge is 0.313 e. The van der Waals surface area contributed by atoms with E-state index in [1.54, 1.807) is 0 Å². The SMILES string of the molecule is CCNC1CSCC1CCCS(C)(=O)=O. The van der Waals surface area contributed by atoms with Crippen molar-refractivity contribution in [3.05, 3.63) is 0 Å². The maximum Gasteiger partial charge on any atom is 0.147 e. The van der Waals surface area contributed by atoms with Gasteiger partial charge in [0.15, 0.2) is 0 Å². The van der Waals surface area contributed by atoms with Gasteiger partial charge in [-0.25, -0.2) is 8.42 Å². The number of hydrogen-bond acceptors (Lipinski definition) is 4. The van der Waals surface area contributed by atoms with Crippen molar-refractivity contribution in [1.82, 2.24) is 5.32 Å². The fourth-order valence-electron chi connectivity index (χ4n) is 1.98. The normalized spacial score (nSPS) is 27.1. The van der Waals surface area contributed by atoms with Gasteiger partial charge in [-0.3, -0.25) is 0 Å². The average Bonchev–Trinajstić information content (AvgIpc) is 2.51.